The van der Waals surface area contributed by atoms with Crippen LogP contribution in [-0.4, -0.2) is 45.8 Å². The van der Waals surface area contributed by atoms with Crippen molar-refractivity contribution in [3.63, 3.8) is 0 Å². The number of fused-ring (bicyclic) bond motifs is 1. The van der Waals surface area contributed by atoms with E-state index in [4.69, 9.17) is 0 Å². The SMILES string of the molecule is CNS(=O)(=O)c1ccc(-c2cc(NC(=O)c3cnn4cccnc34)n(-c3ccc(C)cc3F)n2)cc1. The fourth-order valence-electron chi connectivity index (χ4n) is 3.67. The van der Waals surface area contributed by atoms with Gasteiger partial charge in [0.05, 0.1) is 16.8 Å². The quantitative estimate of drug-likeness (QED) is 0.365. The van der Waals surface area contributed by atoms with Crippen LogP contribution in [0.1, 0.15) is 15.9 Å². The summed E-state index contributed by atoms with van der Waals surface area (Å²) in [6.45, 7) is 1.77. The predicted molar refractivity (Wildman–Crippen MR) is 131 cm³/mol. The van der Waals surface area contributed by atoms with Gasteiger partial charge in [-0.15, -0.1) is 0 Å². The Kier molecular flexibility index (Phi) is 5.82. The molecule has 0 fully saturated rings. The van der Waals surface area contributed by atoms with E-state index in [9.17, 15) is 17.6 Å². The Balaban J connectivity index is 1.57. The molecule has 182 valence electrons. The van der Waals surface area contributed by atoms with Crippen LogP contribution >= 0.6 is 0 Å². The second-order valence-corrected chi connectivity index (χ2v) is 9.80. The van der Waals surface area contributed by atoms with Gasteiger partial charge in [-0.25, -0.2) is 31.7 Å². The van der Waals surface area contributed by atoms with Crippen LogP contribution in [-0.2, 0) is 10.0 Å². The van der Waals surface area contributed by atoms with E-state index in [2.05, 4.69) is 25.2 Å². The predicted octanol–water partition coefficient (Wildman–Crippen LogP) is 3.19. The Hall–Kier alpha value is -4.42. The molecule has 5 aromatic rings. The summed E-state index contributed by atoms with van der Waals surface area (Å²) in [6, 6.07) is 14.0. The monoisotopic (exact) mass is 505 g/mol. The number of aryl methyl sites for hydroxylation is 1. The van der Waals surface area contributed by atoms with Crippen LogP contribution < -0.4 is 10.0 Å². The second-order valence-electron chi connectivity index (χ2n) is 7.91. The molecule has 0 atom stereocenters. The smallest absolute Gasteiger partial charge is 0.262 e. The highest BCUT2D eigenvalue weighted by Gasteiger charge is 2.20. The third kappa shape index (κ3) is 4.23. The van der Waals surface area contributed by atoms with Crippen molar-refractivity contribution in [2.24, 2.45) is 0 Å². The van der Waals surface area contributed by atoms with Gasteiger partial charge < -0.3 is 5.32 Å². The molecule has 3 heterocycles. The van der Waals surface area contributed by atoms with Crippen molar-refractivity contribution in [1.82, 2.24) is 29.1 Å². The van der Waals surface area contributed by atoms with Gasteiger partial charge in [-0.3, -0.25) is 4.79 Å². The van der Waals surface area contributed by atoms with Crippen molar-refractivity contribution >= 4 is 27.4 Å². The molecule has 0 saturated carbocycles. The maximum Gasteiger partial charge on any atom is 0.262 e. The Morgan fingerprint density at radius 3 is 2.58 bits per heavy atom. The first-order chi connectivity index (χ1) is 17.3. The van der Waals surface area contributed by atoms with Gasteiger partial charge in [-0.05, 0) is 49.9 Å². The summed E-state index contributed by atoms with van der Waals surface area (Å²) in [7, 11) is -2.28. The number of anilines is 1. The minimum Gasteiger partial charge on any atom is -0.306 e. The Morgan fingerprint density at radius 1 is 1.08 bits per heavy atom. The van der Waals surface area contributed by atoms with E-state index in [0.29, 0.717) is 16.9 Å². The lowest BCUT2D eigenvalue weighted by atomic mass is 10.1. The number of sulfonamides is 1. The number of hydrogen-bond donors (Lipinski definition) is 2. The zero-order valence-electron chi connectivity index (χ0n) is 19.2. The van der Waals surface area contributed by atoms with Gasteiger partial charge >= 0.3 is 0 Å². The molecule has 12 heteroatoms. The number of carbonyl (C=O) groups excluding carboxylic acids is 1. The third-order valence-corrected chi connectivity index (χ3v) is 6.97. The molecule has 0 aliphatic carbocycles. The maximum atomic E-state index is 14.9. The lowest BCUT2D eigenvalue weighted by Crippen LogP contribution is -2.18. The van der Waals surface area contributed by atoms with Crippen molar-refractivity contribution in [2.75, 3.05) is 12.4 Å². The first kappa shape index (κ1) is 23.3. The largest absolute Gasteiger partial charge is 0.306 e. The number of benzene rings is 2. The first-order valence-corrected chi connectivity index (χ1v) is 12.3. The number of hydrogen-bond acceptors (Lipinski definition) is 6. The molecular formula is C24H20FN7O3S. The molecule has 3 aromatic heterocycles. The molecule has 0 unspecified atom stereocenters. The third-order valence-electron chi connectivity index (χ3n) is 5.54. The van der Waals surface area contributed by atoms with Crippen LogP contribution in [0, 0.1) is 12.7 Å². The van der Waals surface area contributed by atoms with Crippen LogP contribution in [0.2, 0.25) is 0 Å². The minimum absolute atomic E-state index is 0.0897. The number of rotatable bonds is 6. The molecule has 10 nitrogen and oxygen atoms in total. The Morgan fingerprint density at radius 2 is 1.86 bits per heavy atom. The number of amides is 1. The van der Waals surface area contributed by atoms with Crippen LogP contribution in [0.5, 0.6) is 0 Å². The summed E-state index contributed by atoms with van der Waals surface area (Å²) >= 11 is 0. The van der Waals surface area contributed by atoms with Gasteiger partial charge in [0.15, 0.2) is 5.65 Å². The van der Waals surface area contributed by atoms with Crippen LogP contribution in [0.25, 0.3) is 22.6 Å². The van der Waals surface area contributed by atoms with E-state index >= 15 is 0 Å². The average Bonchev–Trinajstić information content (AvgIpc) is 3.49. The van der Waals surface area contributed by atoms with E-state index < -0.39 is 21.7 Å². The fraction of sp³-hybridized carbons (Fsp3) is 0.0833. The van der Waals surface area contributed by atoms with Crippen molar-refractivity contribution in [3.8, 4) is 16.9 Å². The lowest BCUT2D eigenvalue weighted by molar-refractivity contribution is 0.102. The van der Waals surface area contributed by atoms with Crippen LogP contribution in [0.15, 0.2) is 78.1 Å². The highest BCUT2D eigenvalue weighted by Crippen LogP contribution is 2.28. The summed E-state index contributed by atoms with van der Waals surface area (Å²) in [5.74, 6) is -0.812. The van der Waals surface area contributed by atoms with Crippen molar-refractivity contribution in [1.29, 1.82) is 0 Å². The molecule has 0 radical (unpaired) electrons. The molecule has 2 N–H and O–H groups in total. The molecule has 0 spiro atoms. The highest BCUT2D eigenvalue weighted by atomic mass is 32.2. The van der Waals surface area contributed by atoms with Crippen LogP contribution in [0.4, 0.5) is 10.2 Å². The van der Waals surface area contributed by atoms with Gasteiger partial charge in [-0.1, -0.05) is 18.2 Å². The highest BCUT2D eigenvalue weighted by molar-refractivity contribution is 7.89. The summed E-state index contributed by atoms with van der Waals surface area (Å²) < 4.78 is 44.0. The number of nitrogens with zero attached hydrogens (tertiary/aromatic N) is 5. The van der Waals surface area contributed by atoms with Gasteiger partial charge in [-0.2, -0.15) is 10.2 Å². The van der Waals surface area contributed by atoms with Gasteiger partial charge in [0.25, 0.3) is 5.91 Å². The molecule has 5 rings (SSSR count). The normalized spacial score (nSPS) is 11.6. The standard InChI is InChI=1S/C24H20FN7O3S/c1-15-4-9-21(19(25)12-15)32-22(29-24(33)18-14-28-31-11-3-10-27-23(18)31)13-20(30-32)16-5-7-17(8-6-16)36(34,35)26-2/h3-14,26H,1-2H3,(H,29,33). The number of nitrogens with one attached hydrogen (secondary N) is 2. The van der Waals surface area contributed by atoms with E-state index in [1.165, 1.54) is 40.6 Å². The van der Waals surface area contributed by atoms with Crippen molar-refractivity contribution in [2.45, 2.75) is 11.8 Å². The maximum absolute atomic E-state index is 14.9. The first-order valence-electron chi connectivity index (χ1n) is 10.8. The minimum atomic E-state index is -3.61. The topological polar surface area (TPSA) is 123 Å². The summed E-state index contributed by atoms with van der Waals surface area (Å²) in [4.78, 5) is 17.4. The van der Waals surface area contributed by atoms with Crippen molar-refractivity contribution < 1.29 is 17.6 Å². The van der Waals surface area contributed by atoms with Gasteiger partial charge in [0.1, 0.15) is 22.9 Å². The average molecular weight is 506 g/mol. The number of aromatic nitrogens is 5. The number of halogens is 1. The lowest BCUT2D eigenvalue weighted by Gasteiger charge is -2.10. The fourth-order valence-corrected chi connectivity index (χ4v) is 4.40. The Bertz CT molecular complexity index is 1710. The van der Waals surface area contributed by atoms with Gasteiger partial charge in [0.2, 0.25) is 10.0 Å². The molecule has 0 aliphatic rings. The van der Waals surface area contributed by atoms with E-state index in [0.717, 1.165) is 5.56 Å². The number of carbonyl (C=O) groups is 1. The molecule has 1 amide bonds. The molecule has 36 heavy (non-hydrogen) atoms. The molecular weight excluding hydrogens is 485 g/mol. The molecule has 2 aromatic carbocycles. The van der Waals surface area contributed by atoms with E-state index in [1.807, 2.05) is 0 Å². The van der Waals surface area contributed by atoms with Crippen LogP contribution in [0.3, 0.4) is 0 Å². The zero-order chi connectivity index (χ0) is 25.4. The molecule has 0 aliphatic heterocycles. The van der Waals surface area contributed by atoms with E-state index in [-0.39, 0.29) is 22.0 Å². The van der Waals surface area contributed by atoms with E-state index in [1.54, 1.807) is 55.7 Å². The summed E-state index contributed by atoms with van der Waals surface area (Å²) in [5, 5.41) is 11.4. The second kappa shape index (κ2) is 8.98. The Labute approximate surface area is 205 Å². The summed E-state index contributed by atoms with van der Waals surface area (Å²) in [6.07, 6.45) is 4.61. The molecule has 0 bridgehead atoms. The zero-order valence-corrected chi connectivity index (χ0v) is 20.0. The van der Waals surface area contributed by atoms with Crippen molar-refractivity contribution in [3.05, 3.63) is 90.1 Å². The van der Waals surface area contributed by atoms with Gasteiger partial charge in [0, 0.05) is 24.0 Å². The molecule has 0 saturated heterocycles. The summed E-state index contributed by atoms with van der Waals surface area (Å²) in [5.41, 5.74) is 2.43.